The first-order valence-electron chi connectivity index (χ1n) is 6.72. The van der Waals surface area contributed by atoms with Gasteiger partial charge in [-0.25, -0.2) is 0 Å². The maximum Gasteiger partial charge on any atom is 0.123 e. The van der Waals surface area contributed by atoms with Crippen LogP contribution in [0.1, 0.15) is 25.8 Å². The van der Waals surface area contributed by atoms with Crippen LogP contribution in [0, 0.1) is 5.41 Å². The van der Waals surface area contributed by atoms with Gasteiger partial charge in [-0.15, -0.1) is 0 Å². The van der Waals surface area contributed by atoms with Crippen LogP contribution in [-0.4, -0.2) is 29.6 Å². The lowest BCUT2D eigenvalue weighted by molar-refractivity contribution is 0.210. The van der Waals surface area contributed by atoms with Crippen molar-refractivity contribution in [3.63, 3.8) is 0 Å². The molecule has 0 amide bonds. The minimum Gasteiger partial charge on any atom is -0.492 e. The zero-order valence-electron chi connectivity index (χ0n) is 11.7. The van der Waals surface area contributed by atoms with Crippen molar-refractivity contribution in [1.82, 2.24) is 4.90 Å². The first-order valence-corrected chi connectivity index (χ1v) is 7.13. The molecule has 1 aromatic carbocycles. The molecule has 19 heavy (non-hydrogen) atoms. The Balaban J connectivity index is 1.98. The van der Waals surface area contributed by atoms with Crippen molar-refractivity contribution in [2.24, 2.45) is 11.1 Å². The van der Waals surface area contributed by atoms with Gasteiger partial charge < -0.3 is 10.5 Å². The second-order valence-corrected chi connectivity index (χ2v) is 6.17. The van der Waals surface area contributed by atoms with Crippen LogP contribution in [0.5, 0.6) is 5.75 Å². The molecule has 0 saturated heterocycles. The van der Waals surface area contributed by atoms with E-state index in [0.29, 0.717) is 4.99 Å². The van der Waals surface area contributed by atoms with Crippen LogP contribution in [0.2, 0.25) is 0 Å². The summed E-state index contributed by atoms with van der Waals surface area (Å²) in [6.45, 7) is 7.83. The molecule has 2 N–H and O–H groups in total. The lowest BCUT2D eigenvalue weighted by Crippen LogP contribution is -2.35. The average molecular weight is 278 g/mol. The second-order valence-electron chi connectivity index (χ2n) is 5.73. The van der Waals surface area contributed by atoms with E-state index in [0.717, 1.165) is 38.4 Å². The second kappa shape index (κ2) is 5.88. The highest BCUT2D eigenvalue weighted by Gasteiger charge is 2.23. The summed E-state index contributed by atoms with van der Waals surface area (Å²) in [6.07, 6.45) is 0.977. The van der Waals surface area contributed by atoms with Crippen LogP contribution >= 0.6 is 12.2 Å². The van der Waals surface area contributed by atoms with Gasteiger partial charge in [0.15, 0.2) is 0 Å². The van der Waals surface area contributed by atoms with Gasteiger partial charge in [0.1, 0.15) is 12.4 Å². The number of para-hydroxylation sites is 1. The molecule has 104 valence electrons. The summed E-state index contributed by atoms with van der Waals surface area (Å²) in [5, 5.41) is 0. The van der Waals surface area contributed by atoms with Gasteiger partial charge in [0.05, 0.1) is 4.99 Å². The van der Waals surface area contributed by atoms with E-state index in [9.17, 15) is 0 Å². The number of hydrogen-bond donors (Lipinski definition) is 1. The van der Waals surface area contributed by atoms with Crippen LogP contribution < -0.4 is 10.5 Å². The van der Waals surface area contributed by atoms with Gasteiger partial charge in [-0.05, 0) is 19.0 Å². The maximum absolute atomic E-state index is 5.78. The Bertz CT molecular complexity index is 459. The fraction of sp³-hybridized carbons (Fsp3) is 0.533. The summed E-state index contributed by atoms with van der Waals surface area (Å²) < 4.78 is 5.77. The Hall–Kier alpha value is -1.13. The summed E-state index contributed by atoms with van der Waals surface area (Å²) >= 11 is 5.12. The third kappa shape index (κ3) is 3.67. The van der Waals surface area contributed by atoms with Crippen LogP contribution in [0.3, 0.4) is 0 Å². The molecule has 4 heteroatoms. The van der Waals surface area contributed by atoms with Crippen molar-refractivity contribution in [2.45, 2.75) is 26.8 Å². The van der Waals surface area contributed by atoms with Gasteiger partial charge in [0.25, 0.3) is 0 Å². The largest absolute Gasteiger partial charge is 0.492 e. The van der Waals surface area contributed by atoms with E-state index in [1.54, 1.807) is 0 Å². The molecule has 0 spiro atoms. The van der Waals surface area contributed by atoms with Gasteiger partial charge in [0, 0.05) is 24.1 Å². The summed E-state index contributed by atoms with van der Waals surface area (Å²) in [5.74, 6) is 1.01. The molecule has 0 aliphatic carbocycles. The number of thiocarbonyl (C=S) groups is 1. The first kappa shape index (κ1) is 14.3. The molecule has 0 saturated carbocycles. The normalized spacial score (nSPS) is 16.3. The molecule has 2 rings (SSSR count). The Morgan fingerprint density at radius 3 is 2.89 bits per heavy atom. The molecular formula is C15H22N2OS. The van der Waals surface area contributed by atoms with Crippen molar-refractivity contribution in [1.29, 1.82) is 0 Å². The van der Waals surface area contributed by atoms with E-state index in [1.807, 2.05) is 12.1 Å². The zero-order chi connectivity index (χ0) is 13.9. The molecular weight excluding hydrogens is 256 g/mol. The molecule has 0 aromatic heterocycles. The molecule has 0 radical (unpaired) electrons. The Kier molecular flexibility index (Phi) is 4.42. The highest BCUT2D eigenvalue weighted by Crippen LogP contribution is 2.25. The first-order chi connectivity index (χ1) is 8.99. The predicted octanol–water partition coefficient (Wildman–Crippen LogP) is 2.58. The number of fused-ring (bicyclic) bond motifs is 1. The molecule has 1 aliphatic rings. The van der Waals surface area contributed by atoms with Crippen molar-refractivity contribution >= 4 is 17.2 Å². The highest BCUT2D eigenvalue weighted by molar-refractivity contribution is 7.80. The third-order valence-electron chi connectivity index (χ3n) is 3.75. The molecule has 3 nitrogen and oxygen atoms in total. The zero-order valence-corrected chi connectivity index (χ0v) is 12.5. The molecule has 0 unspecified atom stereocenters. The molecule has 1 aliphatic heterocycles. The number of ether oxygens (including phenoxy) is 1. The van der Waals surface area contributed by atoms with Crippen molar-refractivity contribution in [3.8, 4) is 5.75 Å². The van der Waals surface area contributed by atoms with E-state index in [1.165, 1.54) is 5.56 Å². The minimum absolute atomic E-state index is 0.0813. The van der Waals surface area contributed by atoms with E-state index in [-0.39, 0.29) is 5.41 Å². The Morgan fingerprint density at radius 1 is 1.42 bits per heavy atom. The van der Waals surface area contributed by atoms with Crippen LogP contribution in [0.25, 0.3) is 0 Å². The monoisotopic (exact) mass is 278 g/mol. The standard InChI is InChI=1S/C15H22N2OS/c1-15(2,14(16)19)7-8-17-9-10-18-13-6-4-3-5-12(13)11-17/h3-6H,7-11H2,1-2H3,(H2,16,19). The third-order valence-corrected chi connectivity index (χ3v) is 4.30. The van der Waals surface area contributed by atoms with Crippen LogP contribution in [-0.2, 0) is 6.54 Å². The minimum atomic E-state index is -0.0813. The smallest absolute Gasteiger partial charge is 0.123 e. The molecule has 0 atom stereocenters. The maximum atomic E-state index is 5.78. The van der Waals surface area contributed by atoms with E-state index >= 15 is 0 Å². The number of nitrogens with zero attached hydrogens (tertiary/aromatic N) is 1. The van der Waals surface area contributed by atoms with E-state index < -0.39 is 0 Å². The highest BCUT2D eigenvalue weighted by atomic mass is 32.1. The lowest BCUT2D eigenvalue weighted by atomic mass is 9.89. The summed E-state index contributed by atoms with van der Waals surface area (Å²) in [7, 11) is 0. The quantitative estimate of drug-likeness (QED) is 0.859. The van der Waals surface area contributed by atoms with Crippen molar-refractivity contribution < 1.29 is 4.74 Å². The summed E-state index contributed by atoms with van der Waals surface area (Å²) in [6, 6.07) is 8.25. The number of rotatable bonds is 4. The Labute approximate surface area is 120 Å². The molecule has 1 heterocycles. The van der Waals surface area contributed by atoms with Crippen molar-refractivity contribution in [2.75, 3.05) is 19.7 Å². The summed E-state index contributed by atoms with van der Waals surface area (Å²) in [5.41, 5.74) is 6.96. The van der Waals surface area contributed by atoms with Gasteiger partial charge in [-0.1, -0.05) is 44.3 Å². The van der Waals surface area contributed by atoms with Crippen molar-refractivity contribution in [3.05, 3.63) is 29.8 Å². The fourth-order valence-electron chi connectivity index (χ4n) is 2.13. The van der Waals surface area contributed by atoms with Crippen LogP contribution in [0.4, 0.5) is 0 Å². The SMILES string of the molecule is CC(C)(CCN1CCOc2ccccc2C1)C(N)=S. The topological polar surface area (TPSA) is 38.5 Å². The van der Waals surface area contributed by atoms with Gasteiger partial charge >= 0.3 is 0 Å². The number of nitrogens with two attached hydrogens (primary N) is 1. The molecule has 0 fully saturated rings. The van der Waals surface area contributed by atoms with Gasteiger partial charge in [-0.3, -0.25) is 4.90 Å². The number of hydrogen-bond acceptors (Lipinski definition) is 3. The fourth-order valence-corrected chi connectivity index (χ4v) is 2.23. The average Bonchev–Trinajstić information content (AvgIpc) is 2.58. The molecule has 1 aromatic rings. The summed E-state index contributed by atoms with van der Waals surface area (Å²) in [4.78, 5) is 3.00. The van der Waals surface area contributed by atoms with E-state index in [4.69, 9.17) is 22.7 Å². The molecule has 0 bridgehead atoms. The van der Waals surface area contributed by atoms with Gasteiger partial charge in [-0.2, -0.15) is 0 Å². The predicted molar refractivity (Wildman–Crippen MR) is 82.4 cm³/mol. The van der Waals surface area contributed by atoms with E-state index in [2.05, 4.69) is 30.9 Å². The van der Waals surface area contributed by atoms with Crippen LogP contribution in [0.15, 0.2) is 24.3 Å². The Morgan fingerprint density at radius 2 is 2.16 bits per heavy atom. The lowest BCUT2D eigenvalue weighted by Gasteiger charge is -2.27. The van der Waals surface area contributed by atoms with Gasteiger partial charge in [0.2, 0.25) is 0 Å². The number of benzene rings is 1.